The molecule has 31 heavy (non-hydrogen) atoms. The van der Waals surface area contributed by atoms with Crippen LogP contribution in [-0.2, 0) is 13.1 Å². The van der Waals surface area contributed by atoms with E-state index in [1.54, 1.807) is 12.3 Å². The van der Waals surface area contributed by atoms with Crippen LogP contribution in [0, 0.1) is 0 Å². The molecule has 1 N–H and O–H groups in total. The number of fused-ring (bicyclic) bond motifs is 3. The summed E-state index contributed by atoms with van der Waals surface area (Å²) in [5.41, 5.74) is 2.25. The molecule has 7 heteroatoms. The highest BCUT2D eigenvalue weighted by molar-refractivity contribution is 7.99. The minimum atomic E-state index is -0.551. The fourth-order valence-corrected chi connectivity index (χ4v) is 4.77. The summed E-state index contributed by atoms with van der Waals surface area (Å²) in [5, 5.41) is 22.6. The molecule has 0 saturated heterocycles. The topological polar surface area (TPSA) is 69.0 Å². The largest absolute Gasteiger partial charge is 0.461 e. The molecule has 0 aliphatic rings. The summed E-state index contributed by atoms with van der Waals surface area (Å²) in [5.74, 6) is 1.81. The zero-order chi connectivity index (χ0) is 21.2. The van der Waals surface area contributed by atoms with Gasteiger partial charge in [0, 0.05) is 34.1 Å². The zero-order valence-electron chi connectivity index (χ0n) is 16.9. The van der Waals surface area contributed by atoms with Gasteiger partial charge in [0.15, 0.2) is 10.9 Å². The van der Waals surface area contributed by atoms with Crippen LogP contribution in [0.3, 0.4) is 0 Å². The Morgan fingerprint density at radius 1 is 0.968 bits per heavy atom. The van der Waals surface area contributed by atoms with E-state index in [-0.39, 0.29) is 0 Å². The molecular formula is C24H22N4O2S. The van der Waals surface area contributed by atoms with Crippen LogP contribution < -0.4 is 0 Å². The lowest BCUT2D eigenvalue weighted by molar-refractivity contribution is 0.181. The van der Waals surface area contributed by atoms with Gasteiger partial charge >= 0.3 is 0 Å². The fraction of sp³-hybridized carbons (Fsp3) is 0.167. The van der Waals surface area contributed by atoms with Crippen LogP contribution in [0.2, 0.25) is 0 Å². The Labute approximate surface area is 183 Å². The molecule has 0 saturated carbocycles. The molecule has 3 aromatic heterocycles. The van der Waals surface area contributed by atoms with E-state index in [0.29, 0.717) is 30.4 Å². The summed E-state index contributed by atoms with van der Waals surface area (Å²) >= 11 is 1.48. The Kier molecular flexibility index (Phi) is 5.36. The predicted molar refractivity (Wildman–Crippen MR) is 124 cm³/mol. The first kappa shape index (κ1) is 19.7. The summed E-state index contributed by atoms with van der Waals surface area (Å²) in [6.07, 6.45) is 2.86. The highest BCUT2D eigenvalue weighted by Gasteiger charge is 2.18. The van der Waals surface area contributed by atoms with Gasteiger partial charge in [0.25, 0.3) is 0 Å². The van der Waals surface area contributed by atoms with Crippen molar-refractivity contribution in [2.45, 2.75) is 24.3 Å². The van der Waals surface area contributed by atoms with Crippen molar-refractivity contribution >= 4 is 33.6 Å². The molecule has 0 aliphatic heterocycles. The molecule has 0 radical (unpaired) electrons. The van der Waals surface area contributed by atoms with Gasteiger partial charge in [-0.25, -0.2) is 0 Å². The Hall–Kier alpha value is -3.29. The number of aromatic nitrogens is 4. The fourth-order valence-electron chi connectivity index (χ4n) is 3.91. The van der Waals surface area contributed by atoms with E-state index in [9.17, 15) is 5.11 Å². The number of benzene rings is 2. The van der Waals surface area contributed by atoms with Crippen molar-refractivity contribution in [3.63, 3.8) is 0 Å². The molecule has 0 unspecified atom stereocenters. The van der Waals surface area contributed by atoms with Crippen molar-refractivity contribution in [1.29, 1.82) is 0 Å². The van der Waals surface area contributed by atoms with Crippen molar-refractivity contribution < 1.29 is 9.52 Å². The number of hydrogen-bond donors (Lipinski definition) is 1. The van der Waals surface area contributed by atoms with E-state index in [4.69, 9.17) is 4.42 Å². The second-order valence-electron chi connectivity index (χ2n) is 7.29. The monoisotopic (exact) mass is 430 g/mol. The lowest BCUT2D eigenvalue weighted by Gasteiger charge is -2.14. The summed E-state index contributed by atoms with van der Waals surface area (Å²) in [4.78, 5) is 0. The van der Waals surface area contributed by atoms with Crippen molar-refractivity contribution in [3.8, 4) is 11.6 Å². The molecule has 3 heterocycles. The number of aliphatic hydroxyl groups excluding tert-OH is 1. The number of allylic oxidation sites excluding steroid dienone is 1. The number of furan rings is 1. The number of nitrogens with zero attached hydrogens (tertiary/aromatic N) is 4. The van der Waals surface area contributed by atoms with Gasteiger partial charge in [-0.05, 0) is 24.3 Å². The summed E-state index contributed by atoms with van der Waals surface area (Å²) in [6.45, 7) is 4.90. The van der Waals surface area contributed by atoms with Crippen LogP contribution in [0.5, 0.6) is 0 Å². The lowest BCUT2D eigenvalue weighted by atomic mass is 10.2. The van der Waals surface area contributed by atoms with Crippen LogP contribution in [0.1, 0.15) is 0 Å². The first-order valence-electron chi connectivity index (χ1n) is 10.1. The third kappa shape index (κ3) is 3.66. The van der Waals surface area contributed by atoms with E-state index in [0.717, 1.165) is 16.2 Å². The van der Waals surface area contributed by atoms with Crippen molar-refractivity contribution in [3.05, 3.63) is 79.6 Å². The first-order valence-corrected chi connectivity index (χ1v) is 11.1. The molecule has 2 aromatic carbocycles. The Morgan fingerprint density at radius 2 is 1.68 bits per heavy atom. The van der Waals surface area contributed by atoms with Crippen LogP contribution in [0.4, 0.5) is 0 Å². The minimum absolute atomic E-state index is 0.494. The molecule has 0 bridgehead atoms. The van der Waals surface area contributed by atoms with E-state index in [1.165, 1.54) is 22.5 Å². The summed E-state index contributed by atoms with van der Waals surface area (Å²) in [6, 6.07) is 20.3. The molecule has 5 aromatic rings. The van der Waals surface area contributed by atoms with Crippen molar-refractivity contribution in [1.82, 2.24) is 19.3 Å². The van der Waals surface area contributed by atoms with Gasteiger partial charge in [-0.3, -0.25) is 4.57 Å². The molecule has 5 rings (SSSR count). The van der Waals surface area contributed by atoms with Crippen LogP contribution in [-0.4, -0.2) is 36.3 Å². The smallest absolute Gasteiger partial charge is 0.200 e. The van der Waals surface area contributed by atoms with Gasteiger partial charge in [-0.1, -0.05) is 54.2 Å². The van der Waals surface area contributed by atoms with E-state index < -0.39 is 6.10 Å². The highest BCUT2D eigenvalue weighted by Crippen LogP contribution is 2.30. The summed E-state index contributed by atoms with van der Waals surface area (Å²) < 4.78 is 9.62. The highest BCUT2D eigenvalue weighted by atomic mass is 32.2. The SMILES string of the molecule is C=CCn1c(SC[C@H](O)Cn2c3ccccc3c3ccccc32)nnc1-c1ccco1. The summed E-state index contributed by atoms with van der Waals surface area (Å²) in [7, 11) is 0. The first-order chi connectivity index (χ1) is 15.3. The Bertz CT molecular complexity index is 1280. The van der Waals surface area contributed by atoms with Gasteiger partial charge in [0.2, 0.25) is 5.82 Å². The van der Waals surface area contributed by atoms with Gasteiger partial charge in [-0.2, -0.15) is 0 Å². The standard InChI is InChI=1S/C24H22N4O2S/c1-2-13-27-23(22-12-7-14-30-22)25-26-24(27)31-16-17(29)15-28-20-10-5-3-8-18(20)19-9-4-6-11-21(19)28/h2-12,14,17,29H,1,13,15-16H2/t17-/m1/s1. The lowest BCUT2D eigenvalue weighted by Crippen LogP contribution is -2.18. The van der Waals surface area contributed by atoms with E-state index >= 15 is 0 Å². The van der Waals surface area contributed by atoms with Crippen molar-refractivity contribution in [2.24, 2.45) is 0 Å². The third-order valence-corrected chi connectivity index (χ3v) is 6.36. The Balaban J connectivity index is 1.38. The Morgan fingerprint density at radius 3 is 2.32 bits per heavy atom. The zero-order valence-corrected chi connectivity index (χ0v) is 17.7. The normalized spacial score (nSPS) is 12.5. The van der Waals surface area contributed by atoms with E-state index in [1.807, 2.05) is 28.8 Å². The van der Waals surface area contributed by atoms with Gasteiger partial charge < -0.3 is 14.1 Å². The van der Waals surface area contributed by atoms with Gasteiger partial charge in [0.1, 0.15) is 0 Å². The van der Waals surface area contributed by atoms with Crippen LogP contribution in [0.25, 0.3) is 33.4 Å². The molecule has 0 fully saturated rings. The number of aliphatic hydroxyl groups is 1. The van der Waals surface area contributed by atoms with Crippen LogP contribution in [0.15, 0.2) is 89.2 Å². The number of hydrogen-bond acceptors (Lipinski definition) is 5. The molecule has 1 atom stereocenters. The van der Waals surface area contributed by atoms with Crippen molar-refractivity contribution in [2.75, 3.05) is 5.75 Å². The number of rotatable bonds is 8. The number of thioether (sulfide) groups is 1. The number of para-hydroxylation sites is 2. The minimum Gasteiger partial charge on any atom is -0.461 e. The molecular weight excluding hydrogens is 408 g/mol. The van der Waals surface area contributed by atoms with E-state index in [2.05, 4.69) is 57.7 Å². The molecule has 0 amide bonds. The maximum absolute atomic E-state index is 10.9. The second-order valence-corrected chi connectivity index (χ2v) is 8.28. The van der Waals surface area contributed by atoms with Gasteiger partial charge in [-0.15, -0.1) is 16.8 Å². The second kappa shape index (κ2) is 8.45. The average molecular weight is 431 g/mol. The average Bonchev–Trinajstić information content (AvgIpc) is 3.52. The van der Waals surface area contributed by atoms with Crippen LogP contribution >= 0.6 is 11.8 Å². The maximum Gasteiger partial charge on any atom is 0.200 e. The maximum atomic E-state index is 10.9. The molecule has 6 nitrogen and oxygen atoms in total. The quantitative estimate of drug-likeness (QED) is 0.278. The van der Waals surface area contributed by atoms with Gasteiger partial charge in [0.05, 0.1) is 18.9 Å². The predicted octanol–water partition coefficient (Wildman–Crippen LogP) is 4.99. The molecule has 0 spiro atoms. The molecule has 156 valence electrons. The molecule has 0 aliphatic carbocycles. The third-order valence-electron chi connectivity index (χ3n) is 5.25.